The smallest absolute Gasteiger partial charge is 0.230 e. The van der Waals surface area contributed by atoms with Gasteiger partial charge in [-0.2, -0.15) is 5.10 Å². The third-order valence-corrected chi connectivity index (χ3v) is 4.08. The van der Waals surface area contributed by atoms with E-state index in [0.29, 0.717) is 22.9 Å². The minimum Gasteiger partial charge on any atom is -0.496 e. The van der Waals surface area contributed by atoms with Gasteiger partial charge in [0.25, 0.3) is 0 Å². The molecule has 26 heavy (non-hydrogen) atoms. The summed E-state index contributed by atoms with van der Waals surface area (Å²) < 4.78 is 12.4. The zero-order chi connectivity index (χ0) is 18.5. The summed E-state index contributed by atoms with van der Waals surface area (Å²) in [7, 11) is 3.15. The predicted octanol–water partition coefficient (Wildman–Crippen LogP) is 3.38. The van der Waals surface area contributed by atoms with Crippen molar-refractivity contribution < 1.29 is 14.3 Å². The molecular weight excluding hydrogens is 330 g/mol. The number of aromatic nitrogens is 2. The highest BCUT2D eigenvalue weighted by molar-refractivity contribution is 5.93. The number of aryl methyl sites for hydroxylation is 1. The molecular formula is C20H21N3O3. The zero-order valence-electron chi connectivity index (χ0n) is 15.0. The Morgan fingerprint density at radius 1 is 1.04 bits per heavy atom. The van der Waals surface area contributed by atoms with Gasteiger partial charge in [0.2, 0.25) is 5.91 Å². The van der Waals surface area contributed by atoms with Crippen molar-refractivity contribution >= 4 is 11.7 Å². The SMILES string of the molecule is COc1cccc(OC)c1CC(=O)Nc1c(C)cnn1-c1ccccc1. The molecule has 1 N–H and O–H groups in total. The van der Waals surface area contributed by atoms with E-state index in [1.807, 2.05) is 55.5 Å². The van der Waals surface area contributed by atoms with E-state index in [2.05, 4.69) is 10.4 Å². The Balaban J connectivity index is 1.86. The average Bonchev–Trinajstić information content (AvgIpc) is 3.03. The molecule has 0 saturated heterocycles. The number of ether oxygens (including phenoxy) is 2. The summed E-state index contributed by atoms with van der Waals surface area (Å²) in [6.45, 7) is 1.91. The molecule has 0 aliphatic heterocycles. The number of carbonyl (C=O) groups excluding carboxylic acids is 1. The van der Waals surface area contributed by atoms with E-state index in [0.717, 1.165) is 11.3 Å². The molecule has 1 amide bonds. The number of nitrogens with zero attached hydrogens (tertiary/aromatic N) is 2. The van der Waals surface area contributed by atoms with Crippen molar-refractivity contribution in [2.45, 2.75) is 13.3 Å². The number of amides is 1. The van der Waals surface area contributed by atoms with Crippen LogP contribution < -0.4 is 14.8 Å². The highest BCUT2D eigenvalue weighted by atomic mass is 16.5. The second kappa shape index (κ2) is 7.74. The van der Waals surface area contributed by atoms with E-state index in [-0.39, 0.29) is 12.3 Å². The zero-order valence-corrected chi connectivity index (χ0v) is 15.0. The molecule has 0 atom stereocenters. The Bertz CT molecular complexity index is 882. The molecule has 3 aromatic rings. The van der Waals surface area contributed by atoms with Crippen molar-refractivity contribution in [3.8, 4) is 17.2 Å². The summed E-state index contributed by atoms with van der Waals surface area (Å²) in [6, 6.07) is 15.1. The van der Waals surface area contributed by atoms with Crippen LogP contribution in [0.15, 0.2) is 54.7 Å². The van der Waals surface area contributed by atoms with Crippen molar-refractivity contribution in [2.75, 3.05) is 19.5 Å². The maximum atomic E-state index is 12.7. The monoisotopic (exact) mass is 351 g/mol. The van der Waals surface area contributed by atoms with E-state index in [9.17, 15) is 4.79 Å². The van der Waals surface area contributed by atoms with Gasteiger partial charge in [0.05, 0.1) is 32.5 Å². The lowest BCUT2D eigenvalue weighted by molar-refractivity contribution is -0.115. The number of hydrogen-bond acceptors (Lipinski definition) is 4. The molecule has 0 saturated carbocycles. The van der Waals surface area contributed by atoms with Gasteiger partial charge in [-0.05, 0) is 31.2 Å². The lowest BCUT2D eigenvalue weighted by Gasteiger charge is -2.14. The minimum atomic E-state index is -0.173. The molecule has 2 aromatic carbocycles. The summed E-state index contributed by atoms with van der Waals surface area (Å²) in [5.74, 6) is 1.71. The van der Waals surface area contributed by atoms with Gasteiger partial charge in [-0.1, -0.05) is 24.3 Å². The van der Waals surface area contributed by atoms with Crippen molar-refractivity contribution in [2.24, 2.45) is 0 Å². The summed E-state index contributed by atoms with van der Waals surface area (Å²) in [6.07, 6.45) is 1.86. The van der Waals surface area contributed by atoms with Crippen molar-refractivity contribution in [3.05, 3.63) is 65.9 Å². The number of hydrogen-bond donors (Lipinski definition) is 1. The van der Waals surface area contributed by atoms with Crippen molar-refractivity contribution in [1.82, 2.24) is 9.78 Å². The van der Waals surface area contributed by atoms with Crippen LogP contribution in [0, 0.1) is 6.92 Å². The van der Waals surface area contributed by atoms with Gasteiger partial charge >= 0.3 is 0 Å². The summed E-state index contributed by atoms with van der Waals surface area (Å²) >= 11 is 0. The fraction of sp³-hybridized carbons (Fsp3) is 0.200. The molecule has 134 valence electrons. The van der Waals surface area contributed by atoms with Gasteiger partial charge in [-0.15, -0.1) is 0 Å². The van der Waals surface area contributed by atoms with E-state index in [4.69, 9.17) is 9.47 Å². The first-order chi connectivity index (χ1) is 12.6. The molecule has 0 unspecified atom stereocenters. The summed E-state index contributed by atoms with van der Waals surface area (Å²) in [4.78, 5) is 12.7. The third kappa shape index (κ3) is 3.54. The van der Waals surface area contributed by atoms with Crippen LogP contribution >= 0.6 is 0 Å². The van der Waals surface area contributed by atoms with Crippen LogP contribution in [-0.4, -0.2) is 29.9 Å². The number of carbonyl (C=O) groups is 1. The molecule has 3 rings (SSSR count). The van der Waals surface area contributed by atoms with Crippen LogP contribution in [0.3, 0.4) is 0 Å². The number of para-hydroxylation sites is 1. The maximum absolute atomic E-state index is 12.7. The molecule has 0 spiro atoms. The highest BCUT2D eigenvalue weighted by Gasteiger charge is 2.17. The first-order valence-electron chi connectivity index (χ1n) is 8.23. The van der Waals surface area contributed by atoms with Crippen molar-refractivity contribution in [1.29, 1.82) is 0 Å². The van der Waals surface area contributed by atoms with Gasteiger partial charge in [-0.25, -0.2) is 4.68 Å². The van der Waals surface area contributed by atoms with E-state index >= 15 is 0 Å². The minimum absolute atomic E-state index is 0.132. The Morgan fingerprint density at radius 3 is 2.31 bits per heavy atom. The highest BCUT2D eigenvalue weighted by Crippen LogP contribution is 2.29. The fourth-order valence-electron chi connectivity index (χ4n) is 2.79. The molecule has 0 radical (unpaired) electrons. The molecule has 0 fully saturated rings. The van der Waals surface area contributed by atoms with Gasteiger partial charge < -0.3 is 14.8 Å². The van der Waals surface area contributed by atoms with Gasteiger partial charge in [0.1, 0.15) is 17.3 Å². The lowest BCUT2D eigenvalue weighted by atomic mass is 10.1. The Kier molecular flexibility index (Phi) is 5.22. The van der Waals surface area contributed by atoms with E-state index in [1.54, 1.807) is 25.1 Å². The first kappa shape index (κ1) is 17.5. The normalized spacial score (nSPS) is 10.4. The second-order valence-electron chi connectivity index (χ2n) is 5.79. The van der Waals surface area contributed by atoms with Crippen LogP contribution in [0.4, 0.5) is 5.82 Å². The number of rotatable bonds is 6. The Labute approximate surface area is 152 Å². The van der Waals surface area contributed by atoms with Crippen LogP contribution in [-0.2, 0) is 11.2 Å². The fourth-order valence-corrected chi connectivity index (χ4v) is 2.79. The average molecular weight is 351 g/mol. The van der Waals surface area contributed by atoms with Crippen LogP contribution in [0.2, 0.25) is 0 Å². The Morgan fingerprint density at radius 2 is 1.69 bits per heavy atom. The van der Waals surface area contributed by atoms with Gasteiger partial charge in [0, 0.05) is 11.1 Å². The lowest BCUT2D eigenvalue weighted by Crippen LogP contribution is -2.18. The molecule has 6 nitrogen and oxygen atoms in total. The Hall–Kier alpha value is -3.28. The summed E-state index contributed by atoms with van der Waals surface area (Å²) in [5, 5.41) is 7.32. The van der Waals surface area contributed by atoms with Gasteiger partial charge in [0.15, 0.2) is 0 Å². The molecule has 0 bridgehead atoms. The molecule has 0 aliphatic rings. The third-order valence-electron chi connectivity index (χ3n) is 4.08. The molecule has 1 aromatic heterocycles. The van der Waals surface area contributed by atoms with Gasteiger partial charge in [-0.3, -0.25) is 4.79 Å². The standard InChI is InChI=1S/C20H21N3O3/c1-14-13-21-23(15-8-5-4-6-9-15)20(14)22-19(24)12-16-17(25-2)10-7-11-18(16)26-3/h4-11,13H,12H2,1-3H3,(H,22,24). The van der Waals surface area contributed by atoms with Crippen LogP contribution in [0.5, 0.6) is 11.5 Å². The number of benzene rings is 2. The topological polar surface area (TPSA) is 65.4 Å². The first-order valence-corrected chi connectivity index (χ1v) is 8.23. The maximum Gasteiger partial charge on any atom is 0.230 e. The predicted molar refractivity (Wildman–Crippen MR) is 100 cm³/mol. The molecule has 1 heterocycles. The van der Waals surface area contributed by atoms with E-state index < -0.39 is 0 Å². The van der Waals surface area contributed by atoms with E-state index in [1.165, 1.54) is 0 Å². The quantitative estimate of drug-likeness (QED) is 0.739. The van der Waals surface area contributed by atoms with Crippen LogP contribution in [0.25, 0.3) is 5.69 Å². The van der Waals surface area contributed by atoms with Crippen molar-refractivity contribution in [3.63, 3.8) is 0 Å². The number of methoxy groups -OCH3 is 2. The largest absolute Gasteiger partial charge is 0.496 e. The number of anilines is 1. The molecule has 0 aliphatic carbocycles. The second-order valence-corrected chi connectivity index (χ2v) is 5.79. The number of nitrogens with one attached hydrogen (secondary N) is 1. The summed E-state index contributed by atoms with van der Waals surface area (Å²) in [5.41, 5.74) is 2.47. The molecule has 6 heteroatoms. The van der Waals surface area contributed by atoms with Crippen LogP contribution in [0.1, 0.15) is 11.1 Å².